The molecule has 0 amide bonds. The van der Waals surface area contributed by atoms with Crippen LogP contribution in [0.1, 0.15) is 35.3 Å². The number of aliphatic hydroxyl groups excluding tert-OH is 1. The molecular formula is C23H23F4N5O5S. The number of aliphatic hydroxyl groups is 1. The molecule has 0 saturated carbocycles. The molecule has 2 saturated heterocycles. The van der Waals surface area contributed by atoms with Crippen LogP contribution < -0.4 is 15.6 Å². The van der Waals surface area contributed by atoms with Gasteiger partial charge in [0, 0.05) is 43.7 Å². The molecule has 204 valence electrons. The van der Waals surface area contributed by atoms with Crippen molar-refractivity contribution in [2.75, 3.05) is 31.1 Å². The zero-order chi connectivity index (χ0) is 27.2. The van der Waals surface area contributed by atoms with E-state index in [1.807, 2.05) is 0 Å². The molecule has 15 heteroatoms. The summed E-state index contributed by atoms with van der Waals surface area (Å²) in [5.41, 5.74) is -3.24. The second-order valence-corrected chi connectivity index (χ2v) is 10.1. The average molecular weight is 558 g/mol. The number of halogens is 4. The fraction of sp³-hybridized carbons (Fsp3) is 0.478. The van der Waals surface area contributed by atoms with Crippen molar-refractivity contribution < 1.29 is 37.3 Å². The number of aromatic carboxylic acids is 1. The average Bonchev–Trinajstić information content (AvgIpc) is 3.34. The summed E-state index contributed by atoms with van der Waals surface area (Å²) in [6.07, 6.45) is -1.78. The highest BCUT2D eigenvalue weighted by Gasteiger charge is 2.36. The molecule has 2 atom stereocenters. The molecule has 0 aliphatic carbocycles. The number of nitrogens with zero attached hydrogens (tertiary/aromatic N) is 4. The molecule has 38 heavy (non-hydrogen) atoms. The molecule has 0 aromatic carbocycles. The van der Waals surface area contributed by atoms with Crippen LogP contribution in [0.4, 0.5) is 23.4 Å². The van der Waals surface area contributed by atoms with E-state index < -0.39 is 46.3 Å². The lowest BCUT2D eigenvalue weighted by Gasteiger charge is -2.43. The van der Waals surface area contributed by atoms with Crippen molar-refractivity contribution in [3.63, 3.8) is 0 Å². The molecule has 0 radical (unpaired) electrons. The maximum Gasteiger partial charge on any atom is 0.434 e. The number of carboxylic acids is 1. The van der Waals surface area contributed by atoms with E-state index in [0.29, 0.717) is 24.5 Å². The Kier molecular flexibility index (Phi) is 7.11. The topological polar surface area (TPSA) is 130 Å². The molecule has 3 aromatic rings. The number of alkyl halides is 3. The van der Waals surface area contributed by atoms with Gasteiger partial charge in [-0.15, -0.1) is 11.3 Å². The van der Waals surface area contributed by atoms with Crippen LogP contribution >= 0.6 is 11.3 Å². The van der Waals surface area contributed by atoms with Gasteiger partial charge < -0.3 is 19.8 Å². The van der Waals surface area contributed by atoms with Crippen LogP contribution in [0.25, 0.3) is 16.2 Å². The highest BCUT2D eigenvalue weighted by atomic mass is 32.1. The lowest BCUT2D eigenvalue weighted by Crippen LogP contribution is -2.57. The Morgan fingerprint density at radius 1 is 1.29 bits per heavy atom. The zero-order valence-corrected chi connectivity index (χ0v) is 20.6. The summed E-state index contributed by atoms with van der Waals surface area (Å²) >= 11 is 0.568. The lowest BCUT2D eigenvalue weighted by atomic mass is 9.97. The number of hydrogen-bond acceptors (Lipinski definition) is 9. The molecule has 2 fully saturated rings. The number of fused-ring (bicyclic) bond motifs is 1. The van der Waals surface area contributed by atoms with Crippen LogP contribution in [0, 0.1) is 11.7 Å². The summed E-state index contributed by atoms with van der Waals surface area (Å²) in [6, 6.07) is 0.823. The first-order chi connectivity index (χ1) is 18.0. The summed E-state index contributed by atoms with van der Waals surface area (Å²) < 4.78 is 61.0. The predicted octanol–water partition coefficient (Wildman–Crippen LogP) is 2.61. The minimum Gasteiger partial charge on any atom is -0.477 e. The van der Waals surface area contributed by atoms with Gasteiger partial charge in [-0.2, -0.15) is 13.2 Å². The summed E-state index contributed by atoms with van der Waals surface area (Å²) in [6.45, 7) is 1.61. The number of carbonyl (C=O) groups is 1. The van der Waals surface area contributed by atoms with E-state index >= 15 is 4.39 Å². The molecule has 3 N–H and O–H groups in total. The van der Waals surface area contributed by atoms with Crippen molar-refractivity contribution in [1.82, 2.24) is 19.9 Å². The Labute approximate surface area is 216 Å². The number of ether oxygens (including phenoxy) is 1. The SMILES string of the molecule is O=C(O)c1cn(-c2nc(C(F)(F)F)cs2)c2nc(N3CC(C(O)NCC4CCCCO4)C3)c(F)cc2c1=O. The van der Waals surface area contributed by atoms with Gasteiger partial charge in [-0.05, 0) is 25.3 Å². The Bertz CT molecular complexity index is 1420. The van der Waals surface area contributed by atoms with E-state index in [1.54, 1.807) is 0 Å². The number of thiazole rings is 1. The van der Waals surface area contributed by atoms with Crippen molar-refractivity contribution in [3.8, 4) is 5.13 Å². The predicted molar refractivity (Wildman–Crippen MR) is 128 cm³/mol. The number of carboxylic acid groups (broad SMARTS) is 1. The van der Waals surface area contributed by atoms with Gasteiger partial charge in [-0.3, -0.25) is 14.7 Å². The van der Waals surface area contributed by atoms with Crippen molar-refractivity contribution in [3.05, 3.63) is 44.9 Å². The monoisotopic (exact) mass is 557 g/mol. The zero-order valence-electron chi connectivity index (χ0n) is 19.7. The van der Waals surface area contributed by atoms with Gasteiger partial charge in [0.05, 0.1) is 11.5 Å². The van der Waals surface area contributed by atoms with Gasteiger partial charge in [0.25, 0.3) is 0 Å². The third kappa shape index (κ3) is 5.10. The molecule has 2 aliphatic heterocycles. The number of anilines is 1. The largest absolute Gasteiger partial charge is 0.477 e. The van der Waals surface area contributed by atoms with E-state index in [0.717, 1.165) is 41.5 Å². The number of nitrogens with one attached hydrogen (secondary N) is 1. The van der Waals surface area contributed by atoms with Crippen LogP contribution in [0.5, 0.6) is 0 Å². The Morgan fingerprint density at radius 3 is 2.68 bits per heavy atom. The van der Waals surface area contributed by atoms with Crippen LogP contribution in [0.15, 0.2) is 22.4 Å². The summed E-state index contributed by atoms with van der Waals surface area (Å²) in [5, 5.41) is 23.0. The quantitative estimate of drug-likeness (QED) is 0.297. The summed E-state index contributed by atoms with van der Waals surface area (Å²) in [7, 11) is 0. The van der Waals surface area contributed by atoms with Gasteiger partial charge in [-0.25, -0.2) is 19.2 Å². The summed E-state index contributed by atoms with van der Waals surface area (Å²) in [5.74, 6) is -2.97. The standard InChI is InChI=1S/C23H23F4N5O5S/c24-15-5-13-17(33)14(21(35)36)9-32(22-29-16(10-38-22)23(25,26)27)18(13)30-19(15)31-7-11(8-31)20(34)28-6-12-3-1-2-4-37-12/h5,9-12,20,28,34H,1-4,6-8H2,(H,35,36). The number of aromatic nitrogens is 3. The Morgan fingerprint density at radius 2 is 2.05 bits per heavy atom. The van der Waals surface area contributed by atoms with Gasteiger partial charge in [0.2, 0.25) is 5.43 Å². The second-order valence-electron chi connectivity index (χ2n) is 9.23. The molecule has 2 aliphatic rings. The fourth-order valence-corrected chi connectivity index (χ4v) is 5.32. The van der Waals surface area contributed by atoms with E-state index in [4.69, 9.17) is 4.74 Å². The van der Waals surface area contributed by atoms with Crippen molar-refractivity contribution >= 4 is 34.2 Å². The molecule has 5 heterocycles. The minimum atomic E-state index is -4.74. The molecular weight excluding hydrogens is 534 g/mol. The maximum atomic E-state index is 15.1. The van der Waals surface area contributed by atoms with E-state index in [9.17, 15) is 33.0 Å². The Balaban J connectivity index is 1.43. The van der Waals surface area contributed by atoms with Crippen LogP contribution in [0.2, 0.25) is 0 Å². The molecule has 0 bridgehead atoms. The van der Waals surface area contributed by atoms with Crippen molar-refractivity contribution in [1.29, 1.82) is 0 Å². The van der Waals surface area contributed by atoms with Crippen LogP contribution in [-0.4, -0.2) is 69.3 Å². The van der Waals surface area contributed by atoms with Crippen molar-refractivity contribution in [2.24, 2.45) is 5.92 Å². The first-order valence-corrected chi connectivity index (χ1v) is 12.7. The van der Waals surface area contributed by atoms with E-state index in [1.165, 1.54) is 4.90 Å². The fourth-order valence-electron chi connectivity index (χ4n) is 4.51. The first-order valence-electron chi connectivity index (χ1n) is 11.8. The van der Waals surface area contributed by atoms with E-state index in [-0.39, 0.29) is 41.7 Å². The highest BCUT2D eigenvalue weighted by molar-refractivity contribution is 7.12. The minimum absolute atomic E-state index is 0.0188. The lowest BCUT2D eigenvalue weighted by molar-refractivity contribution is -0.140. The Hall–Kier alpha value is -3.14. The molecule has 5 rings (SSSR count). The summed E-state index contributed by atoms with van der Waals surface area (Å²) in [4.78, 5) is 33.6. The van der Waals surface area contributed by atoms with Gasteiger partial charge in [0.15, 0.2) is 28.1 Å². The molecule has 2 unspecified atom stereocenters. The third-order valence-electron chi connectivity index (χ3n) is 6.62. The first kappa shape index (κ1) is 26.5. The highest BCUT2D eigenvalue weighted by Crippen LogP contribution is 2.33. The molecule has 0 spiro atoms. The normalized spacial score (nSPS) is 19.5. The van der Waals surface area contributed by atoms with Crippen LogP contribution in [-0.2, 0) is 10.9 Å². The van der Waals surface area contributed by atoms with Gasteiger partial charge >= 0.3 is 12.1 Å². The second kappa shape index (κ2) is 10.2. The van der Waals surface area contributed by atoms with Gasteiger partial charge in [0.1, 0.15) is 11.8 Å². The third-order valence-corrected chi connectivity index (χ3v) is 7.46. The van der Waals surface area contributed by atoms with E-state index in [2.05, 4.69) is 15.3 Å². The maximum absolute atomic E-state index is 15.1. The molecule has 10 nitrogen and oxygen atoms in total. The van der Waals surface area contributed by atoms with Gasteiger partial charge in [-0.1, -0.05) is 0 Å². The number of pyridine rings is 2. The molecule has 3 aromatic heterocycles. The van der Waals surface area contributed by atoms with Crippen LogP contribution in [0.3, 0.4) is 0 Å². The van der Waals surface area contributed by atoms with Crippen molar-refractivity contribution in [2.45, 2.75) is 37.8 Å². The number of hydrogen-bond donors (Lipinski definition) is 3. The number of rotatable bonds is 7. The smallest absolute Gasteiger partial charge is 0.434 e.